The number of nitrogens with one attached hydrogen (secondary N) is 1. The summed E-state index contributed by atoms with van der Waals surface area (Å²) in [6, 6.07) is 16.5. The van der Waals surface area contributed by atoms with Crippen LogP contribution in [0, 0.1) is 13.8 Å². The molecule has 0 aliphatic rings. The average molecular weight is 313 g/mol. The van der Waals surface area contributed by atoms with Gasteiger partial charge in [-0.1, -0.05) is 36.4 Å². The molecule has 0 unspecified atom stereocenters. The first-order chi connectivity index (χ1) is 10.6. The van der Waals surface area contributed by atoms with Gasteiger partial charge in [0.25, 0.3) is 0 Å². The van der Waals surface area contributed by atoms with E-state index in [9.17, 15) is 4.79 Å². The van der Waals surface area contributed by atoms with Crippen molar-refractivity contribution in [2.24, 2.45) is 0 Å². The lowest BCUT2D eigenvalue weighted by Crippen LogP contribution is -2.26. The Balaban J connectivity index is 1.77. The summed E-state index contributed by atoms with van der Waals surface area (Å²) < 4.78 is 0. The first-order valence-electron chi connectivity index (χ1n) is 7.60. The molecule has 0 aliphatic heterocycles. The maximum absolute atomic E-state index is 12.0. The summed E-state index contributed by atoms with van der Waals surface area (Å²) in [4.78, 5) is 13.2. The van der Waals surface area contributed by atoms with E-state index in [0.29, 0.717) is 6.42 Å². The molecule has 22 heavy (non-hydrogen) atoms. The Morgan fingerprint density at radius 2 is 1.82 bits per heavy atom. The third kappa shape index (κ3) is 4.92. The number of rotatable bonds is 6. The molecule has 0 saturated carbocycles. The number of amides is 1. The van der Waals surface area contributed by atoms with Gasteiger partial charge >= 0.3 is 0 Å². The Morgan fingerprint density at radius 3 is 2.50 bits per heavy atom. The highest BCUT2D eigenvalue weighted by molar-refractivity contribution is 7.99. The van der Waals surface area contributed by atoms with Gasteiger partial charge < -0.3 is 5.32 Å². The van der Waals surface area contributed by atoms with Crippen molar-refractivity contribution < 1.29 is 4.79 Å². The summed E-state index contributed by atoms with van der Waals surface area (Å²) in [5, 5.41) is 3.05. The van der Waals surface area contributed by atoms with Crippen LogP contribution in [0.2, 0.25) is 0 Å². The molecule has 0 aromatic heterocycles. The second-order valence-electron chi connectivity index (χ2n) is 5.54. The summed E-state index contributed by atoms with van der Waals surface area (Å²) in [5.74, 6) is 0.906. The van der Waals surface area contributed by atoms with Crippen LogP contribution >= 0.6 is 11.8 Å². The van der Waals surface area contributed by atoms with E-state index in [2.05, 4.69) is 37.4 Å². The van der Waals surface area contributed by atoms with E-state index in [1.165, 1.54) is 16.0 Å². The SMILES string of the molecule is Cc1ccc(SCCC(=O)N[C@H](C)c2ccccc2)cc1C. The fraction of sp³-hybridized carbons (Fsp3) is 0.316. The van der Waals surface area contributed by atoms with Gasteiger partial charge in [-0.15, -0.1) is 11.8 Å². The molecule has 3 heteroatoms. The van der Waals surface area contributed by atoms with Crippen LogP contribution in [0.5, 0.6) is 0 Å². The van der Waals surface area contributed by atoms with Crippen LogP contribution in [0.3, 0.4) is 0 Å². The van der Waals surface area contributed by atoms with E-state index in [0.717, 1.165) is 11.3 Å². The van der Waals surface area contributed by atoms with E-state index in [1.807, 2.05) is 37.3 Å². The van der Waals surface area contributed by atoms with Gasteiger partial charge in [0.15, 0.2) is 0 Å². The van der Waals surface area contributed by atoms with Crippen molar-refractivity contribution in [3.8, 4) is 0 Å². The second-order valence-corrected chi connectivity index (χ2v) is 6.71. The predicted molar refractivity (Wildman–Crippen MR) is 94.3 cm³/mol. The van der Waals surface area contributed by atoms with Gasteiger partial charge in [0.2, 0.25) is 5.91 Å². The quantitative estimate of drug-likeness (QED) is 0.786. The largest absolute Gasteiger partial charge is 0.350 e. The van der Waals surface area contributed by atoms with Gasteiger partial charge in [-0.25, -0.2) is 0 Å². The highest BCUT2D eigenvalue weighted by Gasteiger charge is 2.09. The third-order valence-corrected chi connectivity index (χ3v) is 4.75. The lowest BCUT2D eigenvalue weighted by molar-refractivity contribution is -0.121. The molecule has 1 N–H and O–H groups in total. The molecular formula is C19H23NOS. The van der Waals surface area contributed by atoms with E-state index in [-0.39, 0.29) is 11.9 Å². The minimum atomic E-state index is 0.0559. The summed E-state index contributed by atoms with van der Waals surface area (Å²) in [6.45, 7) is 6.25. The zero-order valence-electron chi connectivity index (χ0n) is 13.4. The fourth-order valence-corrected chi connectivity index (χ4v) is 3.15. The Hall–Kier alpha value is -1.74. The van der Waals surface area contributed by atoms with E-state index < -0.39 is 0 Å². The molecule has 0 aliphatic carbocycles. The smallest absolute Gasteiger partial charge is 0.221 e. The molecule has 0 spiro atoms. The summed E-state index contributed by atoms with van der Waals surface area (Å²) in [5.41, 5.74) is 3.74. The molecule has 2 aromatic carbocycles. The average Bonchev–Trinajstić information content (AvgIpc) is 2.51. The van der Waals surface area contributed by atoms with Gasteiger partial charge in [-0.2, -0.15) is 0 Å². The maximum Gasteiger partial charge on any atom is 0.221 e. The van der Waals surface area contributed by atoms with Gasteiger partial charge in [-0.05, 0) is 49.6 Å². The van der Waals surface area contributed by atoms with Crippen molar-refractivity contribution in [1.29, 1.82) is 0 Å². The van der Waals surface area contributed by atoms with Crippen LogP contribution in [0.1, 0.15) is 36.1 Å². The Labute approximate surface area is 137 Å². The van der Waals surface area contributed by atoms with Crippen LogP contribution in [-0.2, 0) is 4.79 Å². The molecule has 0 saturated heterocycles. The van der Waals surface area contributed by atoms with Crippen molar-refractivity contribution in [1.82, 2.24) is 5.32 Å². The van der Waals surface area contributed by atoms with Crippen molar-refractivity contribution >= 4 is 17.7 Å². The lowest BCUT2D eigenvalue weighted by atomic mass is 10.1. The zero-order chi connectivity index (χ0) is 15.9. The second kappa shape index (κ2) is 8.04. The standard InChI is InChI=1S/C19H23NOS/c1-14-9-10-18(13-15(14)2)22-12-11-19(21)20-16(3)17-7-5-4-6-8-17/h4-10,13,16H,11-12H2,1-3H3,(H,20,21)/t16-/m1/s1. The summed E-state index contributed by atoms with van der Waals surface area (Å²) in [7, 11) is 0. The zero-order valence-corrected chi connectivity index (χ0v) is 14.2. The van der Waals surface area contributed by atoms with Gasteiger partial charge in [0.1, 0.15) is 0 Å². The van der Waals surface area contributed by atoms with Crippen molar-refractivity contribution in [3.05, 3.63) is 65.2 Å². The molecule has 0 heterocycles. The number of carbonyl (C=O) groups excluding carboxylic acids is 1. The number of benzene rings is 2. The molecular weight excluding hydrogens is 290 g/mol. The number of thioether (sulfide) groups is 1. The van der Waals surface area contributed by atoms with E-state index in [1.54, 1.807) is 11.8 Å². The lowest BCUT2D eigenvalue weighted by Gasteiger charge is -2.14. The number of hydrogen-bond acceptors (Lipinski definition) is 2. The monoisotopic (exact) mass is 313 g/mol. The van der Waals surface area contributed by atoms with E-state index >= 15 is 0 Å². The topological polar surface area (TPSA) is 29.1 Å². The third-order valence-electron chi connectivity index (χ3n) is 3.75. The number of hydrogen-bond donors (Lipinski definition) is 1. The normalized spacial score (nSPS) is 12.0. The maximum atomic E-state index is 12.0. The highest BCUT2D eigenvalue weighted by Crippen LogP contribution is 2.21. The number of carbonyl (C=O) groups is 1. The molecule has 2 rings (SSSR count). The highest BCUT2D eigenvalue weighted by atomic mass is 32.2. The van der Waals surface area contributed by atoms with Crippen molar-refractivity contribution in [3.63, 3.8) is 0 Å². The van der Waals surface area contributed by atoms with Crippen molar-refractivity contribution in [2.75, 3.05) is 5.75 Å². The van der Waals surface area contributed by atoms with Crippen LogP contribution in [0.25, 0.3) is 0 Å². The van der Waals surface area contributed by atoms with Gasteiger partial charge in [0.05, 0.1) is 6.04 Å². The molecule has 0 radical (unpaired) electrons. The van der Waals surface area contributed by atoms with E-state index in [4.69, 9.17) is 0 Å². The first kappa shape index (κ1) is 16.6. The van der Waals surface area contributed by atoms with Gasteiger partial charge in [0, 0.05) is 17.1 Å². The Kier molecular flexibility index (Phi) is 6.08. The van der Waals surface area contributed by atoms with Crippen LogP contribution in [0.4, 0.5) is 0 Å². The first-order valence-corrected chi connectivity index (χ1v) is 8.59. The minimum Gasteiger partial charge on any atom is -0.350 e. The molecule has 1 amide bonds. The molecule has 1 atom stereocenters. The van der Waals surface area contributed by atoms with Crippen LogP contribution < -0.4 is 5.32 Å². The summed E-state index contributed by atoms with van der Waals surface area (Å²) in [6.07, 6.45) is 0.536. The molecule has 0 bridgehead atoms. The Morgan fingerprint density at radius 1 is 1.09 bits per heavy atom. The van der Waals surface area contributed by atoms with Crippen molar-refractivity contribution in [2.45, 2.75) is 38.1 Å². The molecule has 116 valence electrons. The van der Waals surface area contributed by atoms with Crippen LogP contribution in [0.15, 0.2) is 53.4 Å². The fourth-order valence-electron chi connectivity index (χ4n) is 2.20. The minimum absolute atomic E-state index is 0.0559. The summed E-state index contributed by atoms with van der Waals surface area (Å²) >= 11 is 1.73. The Bertz CT molecular complexity index is 625. The molecule has 2 aromatic rings. The molecule has 2 nitrogen and oxygen atoms in total. The van der Waals surface area contributed by atoms with Gasteiger partial charge in [-0.3, -0.25) is 4.79 Å². The predicted octanol–water partition coefficient (Wildman–Crippen LogP) is 4.66. The molecule has 0 fully saturated rings. The van der Waals surface area contributed by atoms with Crippen LogP contribution in [-0.4, -0.2) is 11.7 Å². The number of aryl methyl sites for hydroxylation is 2.